The number of carbonyl (C=O) groups excluding carboxylic acids is 1. The molecule has 1 unspecified atom stereocenters. The SMILES string of the molecule is Cc1c(C(=O)NCC(C)(O)CCC(C)C)cnn1-c1ccccn1. The lowest BCUT2D eigenvalue weighted by Crippen LogP contribution is -2.40. The van der Waals surface area contributed by atoms with E-state index in [-0.39, 0.29) is 12.5 Å². The molecule has 0 saturated heterocycles. The third-order valence-corrected chi connectivity index (χ3v) is 4.01. The normalized spacial score (nSPS) is 13.8. The number of pyridine rings is 1. The van der Waals surface area contributed by atoms with Crippen LogP contribution >= 0.6 is 0 Å². The fourth-order valence-corrected chi connectivity index (χ4v) is 2.40. The fraction of sp³-hybridized carbons (Fsp3) is 0.500. The third-order valence-electron chi connectivity index (χ3n) is 4.01. The van der Waals surface area contributed by atoms with Gasteiger partial charge in [0.25, 0.3) is 5.91 Å². The van der Waals surface area contributed by atoms with Gasteiger partial charge in [-0.05, 0) is 44.7 Å². The predicted molar refractivity (Wildman–Crippen MR) is 93.1 cm³/mol. The van der Waals surface area contributed by atoms with Crippen molar-refractivity contribution in [3.8, 4) is 5.82 Å². The molecule has 0 aliphatic carbocycles. The maximum absolute atomic E-state index is 12.4. The Morgan fingerprint density at radius 2 is 2.17 bits per heavy atom. The Morgan fingerprint density at radius 1 is 1.42 bits per heavy atom. The Morgan fingerprint density at radius 3 is 2.79 bits per heavy atom. The van der Waals surface area contributed by atoms with E-state index < -0.39 is 5.60 Å². The van der Waals surface area contributed by atoms with E-state index in [0.717, 1.165) is 6.42 Å². The molecule has 2 heterocycles. The second-order valence-electron chi connectivity index (χ2n) is 6.86. The number of hydrogen-bond donors (Lipinski definition) is 2. The Balaban J connectivity index is 2.02. The summed E-state index contributed by atoms with van der Waals surface area (Å²) in [5, 5.41) is 17.4. The zero-order valence-electron chi connectivity index (χ0n) is 14.8. The second-order valence-corrected chi connectivity index (χ2v) is 6.86. The first-order chi connectivity index (χ1) is 11.3. The quantitative estimate of drug-likeness (QED) is 0.817. The van der Waals surface area contributed by atoms with E-state index in [0.29, 0.717) is 29.4 Å². The summed E-state index contributed by atoms with van der Waals surface area (Å²) in [7, 11) is 0. The lowest BCUT2D eigenvalue weighted by Gasteiger charge is -2.24. The van der Waals surface area contributed by atoms with Crippen molar-refractivity contribution in [1.29, 1.82) is 0 Å². The summed E-state index contributed by atoms with van der Waals surface area (Å²) in [5.41, 5.74) is 0.290. The minimum atomic E-state index is -0.912. The van der Waals surface area contributed by atoms with Crippen LogP contribution in [0.5, 0.6) is 0 Å². The molecule has 0 radical (unpaired) electrons. The van der Waals surface area contributed by atoms with Crippen LogP contribution in [-0.2, 0) is 0 Å². The highest BCUT2D eigenvalue weighted by atomic mass is 16.3. The summed E-state index contributed by atoms with van der Waals surface area (Å²) in [4.78, 5) is 16.6. The van der Waals surface area contributed by atoms with Gasteiger partial charge in [0.15, 0.2) is 5.82 Å². The number of aromatic nitrogens is 3. The van der Waals surface area contributed by atoms with E-state index in [4.69, 9.17) is 0 Å². The summed E-state index contributed by atoms with van der Waals surface area (Å²) in [5.74, 6) is 0.948. The Hall–Kier alpha value is -2.21. The van der Waals surface area contributed by atoms with Gasteiger partial charge in [-0.15, -0.1) is 0 Å². The average molecular weight is 330 g/mol. The van der Waals surface area contributed by atoms with Crippen LogP contribution in [0.15, 0.2) is 30.6 Å². The van der Waals surface area contributed by atoms with E-state index in [1.54, 1.807) is 17.8 Å². The molecule has 6 nitrogen and oxygen atoms in total. The van der Waals surface area contributed by atoms with Gasteiger partial charge >= 0.3 is 0 Å². The van der Waals surface area contributed by atoms with Crippen molar-refractivity contribution in [2.75, 3.05) is 6.54 Å². The molecule has 130 valence electrons. The van der Waals surface area contributed by atoms with Gasteiger partial charge in [-0.1, -0.05) is 19.9 Å². The first-order valence-electron chi connectivity index (χ1n) is 8.27. The Bertz CT molecular complexity index is 678. The smallest absolute Gasteiger partial charge is 0.254 e. The van der Waals surface area contributed by atoms with Gasteiger partial charge in [0.1, 0.15) is 0 Å². The lowest BCUT2D eigenvalue weighted by atomic mass is 9.95. The number of nitrogens with one attached hydrogen (secondary N) is 1. The summed E-state index contributed by atoms with van der Waals surface area (Å²) in [6.07, 6.45) is 4.78. The van der Waals surface area contributed by atoms with Crippen LogP contribution in [0.25, 0.3) is 5.82 Å². The molecule has 1 atom stereocenters. The maximum atomic E-state index is 12.4. The van der Waals surface area contributed by atoms with E-state index in [2.05, 4.69) is 29.2 Å². The van der Waals surface area contributed by atoms with Crippen molar-refractivity contribution >= 4 is 5.91 Å². The molecule has 0 bridgehead atoms. The van der Waals surface area contributed by atoms with Gasteiger partial charge in [-0.25, -0.2) is 9.67 Å². The van der Waals surface area contributed by atoms with Gasteiger partial charge in [-0.2, -0.15) is 5.10 Å². The van der Waals surface area contributed by atoms with Gasteiger partial charge < -0.3 is 10.4 Å². The van der Waals surface area contributed by atoms with E-state index in [9.17, 15) is 9.90 Å². The van der Waals surface area contributed by atoms with Gasteiger partial charge in [0.05, 0.1) is 23.1 Å². The number of amides is 1. The number of nitrogens with zero attached hydrogens (tertiary/aromatic N) is 3. The van der Waals surface area contributed by atoms with Crippen LogP contribution in [0, 0.1) is 12.8 Å². The molecule has 1 amide bonds. The molecule has 2 rings (SSSR count). The van der Waals surface area contributed by atoms with Crippen LogP contribution in [0.2, 0.25) is 0 Å². The second kappa shape index (κ2) is 7.57. The molecule has 0 saturated carbocycles. The van der Waals surface area contributed by atoms with Crippen molar-refractivity contribution in [1.82, 2.24) is 20.1 Å². The molecule has 0 aromatic carbocycles. The molecular formula is C18H26N4O2. The number of hydrogen-bond acceptors (Lipinski definition) is 4. The van der Waals surface area contributed by atoms with E-state index >= 15 is 0 Å². The maximum Gasteiger partial charge on any atom is 0.254 e. The number of rotatable bonds is 7. The van der Waals surface area contributed by atoms with E-state index in [1.807, 2.05) is 25.1 Å². The first-order valence-corrected chi connectivity index (χ1v) is 8.27. The summed E-state index contributed by atoms with van der Waals surface area (Å²) in [6, 6.07) is 5.53. The zero-order valence-corrected chi connectivity index (χ0v) is 14.8. The van der Waals surface area contributed by atoms with Gasteiger partial charge in [-0.3, -0.25) is 4.79 Å². The van der Waals surface area contributed by atoms with Crippen LogP contribution in [0.4, 0.5) is 0 Å². The van der Waals surface area contributed by atoms with E-state index in [1.165, 1.54) is 6.20 Å². The largest absolute Gasteiger partial charge is 0.388 e. The highest BCUT2D eigenvalue weighted by molar-refractivity contribution is 5.95. The van der Waals surface area contributed by atoms with Crippen LogP contribution in [0.1, 0.15) is 49.7 Å². The number of aliphatic hydroxyl groups is 1. The monoisotopic (exact) mass is 330 g/mol. The molecular weight excluding hydrogens is 304 g/mol. The highest BCUT2D eigenvalue weighted by Crippen LogP contribution is 2.16. The van der Waals surface area contributed by atoms with Gasteiger partial charge in [0, 0.05) is 12.7 Å². The minimum absolute atomic E-state index is 0.215. The van der Waals surface area contributed by atoms with Crippen molar-refractivity contribution in [2.45, 2.75) is 46.1 Å². The molecule has 2 N–H and O–H groups in total. The molecule has 0 fully saturated rings. The highest BCUT2D eigenvalue weighted by Gasteiger charge is 2.23. The summed E-state index contributed by atoms with van der Waals surface area (Å²) < 4.78 is 1.63. The predicted octanol–water partition coefficient (Wildman–Crippen LogP) is 2.49. The van der Waals surface area contributed by atoms with Crippen molar-refractivity contribution in [2.24, 2.45) is 5.92 Å². The Kier molecular flexibility index (Phi) is 5.72. The van der Waals surface area contributed by atoms with Gasteiger partial charge in [0.2, 0.25) is 0 Å². The molecule has 0 aliphatic heterocycles. The summed E-state index contributed by atoms with van der Waals surface area (Å²) in [6.45, 7) is 8.02. The molecule has 0 spiro atoms. The topological polar surface area (TPSA) is 80.0 Å². The number of carbonyl (C=O) groups is 1. The molecule has 24 heavy (non-hydrogen) atoms. The molecule has 6 heteroatoms. The molecule has 0 aliphatic rings. The third kappa shape index (κ3) is 4.64. The van der Waals surface area contributed by atoms with Crippen LogP contribution < -0.4 is 5.32 Å². The van der Waals surface area contributed by atoms with Crippen LogP contribution in [0.3, 0.4) is 0 Å². The molecule has 2 aromatic rings. The minimum Gasteiger partial charge on any atom is -0.388 e. The van der Waals surface area contributed by atoms with Crippen molar-refractivity contribution in [3.05, 3.63) is 41.9 Å². The van der Waals surface area contributed by atoms with Crippen LogP contribution in [-0.4, -0.2) is 37.9 Å². The zero-order chi connectivity index (χ0) is 17.7. The first kappa shape index (κ1) is 18.1. The Labute approximate surface area is 142 Å². The van der Waals surface area contributed by atoms with Crippen molar-refractivity contribution < 1.29 is 9.90 Å². The standard InChI is InChI=1S/C18H26N4O2/c1-13(2)8-9-18(4,24)12-20-17(23)15-11-21-22(14(15)3)16-7-5-6-10-19-16/h5-7,10-11,13,24H,8-9,12H2,1-4H3,(H,20,23). The average Bonchev–Trinajstić information content (AvgIpc) is 2.93. The summed E-state index contributed by atoms with van der Waals surface area (Å²) >= 11 is 0. The fourth-order valence-electron chi connectivity index (χ4n) is 2.40. The van der Waals surface area contributed by atoms with Crippen molar-refractivity contribution in [3.63, 3.8) is 0 Å². The lowest BCUT2D eigenvalue weighted by molar-refractivity contribution is 0.0429. The molecule has 2 aromatic heterocycles.